The predicted molar refractivity (Wildman–Crippen MR) is 48.9 cm³/mol. The van der Waals surface area contributed by atoms with Gasteiger partial charge in [-0.05, 0) is 23.8 Å². The van der Waals surface area contributed by atoms with Crippen LogP contribution in [0.15, 0.2) is 18.2 Å². The highest BCUT2D eigenvalue weighted by molar-refractivity contribution is 6.01. The van der Waals surface area contributed by atoms with Crippen molar-refractivity contribution in [1.29, 1.82) is 0 Å². The maximum atomic E-state index is 11.4. The number of methoxy groups -OCH3 is 1. The number of ketones is 1. The molecule has 0 radical (unpaired) electrons. The largest absolute Gasteiger partial charge is 0.497 e. The molecular formula is C10H11NO2. The molecule has 1 aromatic rings. The lowest BCUT2D eigenvalue weighted by Crippen LogP contribution is -2.05. The summed E-state index contributed by atoms with van der Waals surface area (Å²) in [6.07, 6.45) is 0.419. The number of rotatable bonds is 1. The van der Waals surface area contributed by atoms with Gasteiger partial charge in [-0.25, -0.2) is 0 Å². The highest BCUT2D eigenvalue weighted by atomic mass is 16.5. The third-order valence-electron chi connectivity index (χ3n) is 2.36. The van der Waals surface area contributed by atoms with E-state index in [0.717, 1.165) is 16.9 Å². The molecule has 1 aliphatic carbocycles. The van der Waals surface area contributed by atoms with E-state index in [1.54, 1.807) is 19.2 Å². The molecule has 3 nitrogen and oxygen atoms in total. The lowest BCUT2D eigenvalue weighted by Gasteiger charge is -2.05. The summed E-state index contributed by atoms with van der Waals surface area (Å²) in [4.78, 5) is 11.4. The Labute approximate surface area is 76.5 Å². The minimum absolute atomic E-state index is 0.130. The molecule has 0 aliphatic heterocycles. The Morgan fingerprint density at radius 3 is 3.00 bits per heavy atom. The first-order valence-corrected chi connectivity index (χ1v) is 4.19. The number of Topliss-reactive ketones (excluding diaryl/α,β-unsaturated/α-hetero) is 1. The Bertz CT molecular complexity index is 360. The molecule has 0 amide bonds. The van der Waals surface area contributed by atoms with Crippen LogP contribution in [0.4, 0.5) is 0 Å². The first-order chi connectivity index (χ1) is 6.22. The van der Waals surface area contributed by atoms with Crippen LogP contribution in [-0.4, -0.2) is 12.9 Å². The molecule has 1 atom stereocenters. The first-order valence-electron chi connectivity index (χ1n) is 4.19. The first kappa shape index (κ1) is 8.26. The lowest BCUT2D eigenvalue weighted by atomic mass is 10.1. The average molecular weight is 177 g/mol. The molecule has 2 rings (SSSR count). The van der Waals surface area contributed by atoms with Crippen molar-refractivity contribution >= 4 is 5.78 Å². The minimum Gasteiger partial charge on any atom is -0.497 e. The van der Waals surface area contributed by atoms with Crippen LogP contribution in [0.25, 0.3) is 0 Å². The van der Waals surface area contributed by atoms with E-state index >= 15 is 0 Å². The van der Waals surface area contributed by atoms with Crippen molar-refractivity contribution in [2.45, 2.75) is 12.5 Å². The van der Waals surface area contributed by atoms with Gasteiger partial charge in [0.1, 0.15) is 5.75 Å². The van der Waals surface area contributed by atoms with Crippen molar-refractivity contribution in [2.75, 3.05) is 7.11 Å². The standard InChI is InChI=1S/C10H11NO2/c1-13-6-2-3-7-8(4-6)9(11)5-10(7)12/h2-4,9H,5,11H2,1H3/t9-/m0/s1. The Hall–Kier alpha value is -1.35. The second-order valence-electron chi connectivity index (χ2n) is 3.19. The van der Waals surface area contributed by atoms with Gasteiger partial charge in [0, 0.05) is 18.0 Å². The normalized spacial score (nSPS) is 20.2. The highest BCUT2D eigenvalue weighted by Gasteiger charge is 2.26. The van der Waals surface area contributed by atoms with Crippen LogP contribution >= 0.6 is 0 Å². The molecule has 3 heteroatoms. The van der Waals surface area contributed by atoms with Gasteiger partial charge >= 0.3 is 0 Å². The lowest BCUT2D eigenvalue weighted by molar-refractivity contribution is 0.0989. The van der Waals surface area contributed by atoms with Crippen molar-refractivity contribution in [3.63, 3.8) is 0 Å². The molecule has 0 bridgehead atoms. The van der Waals surface area contributed by atoms with Crippen LogP contribution in [0.1, 0.15) is 28.4 Å². The zero-order valence-corrected chi connectivity index (χ0v) is 7.41. The van der Waals surface area contributed by atoms with E-state index in [1.807, 2.05) is 6.07 Å². The zero-order valence-electron chi connectivity index (χ0n) is 7.41. The molecule has 0 fully saturated rings. The second kappa shape index (κ2) is 2.85. The number of carbonyl (C=O) groups is 1. The average Bonchev–Trinajstić information content (AvgIpc) is 2.42. The summed E-state index contributed by atoms with van der Waals surface area (Å²) in [7, 11) is 1.60. The van der Waals surface area contributed by atoms with E-state index in [1.165, 1.54) is 0 Å². The molecule has 68 valence electrons. The van der Waals surface area contributed by atoms with Gasteiger partial charge in [-0.3, -0.25) is 4.79 Å². The molecule has 0 heterocycles. The van der Waals surface area contributed by atoms with Crippen LogP contribution in [0.3, 0.4) is 0 Å². The molecule has 0 saturated carbocycles. The molecule has 1 aromatic carbocycles. The van der Waals surface area contributed by atoms with Crippen LogP contribution in [-0.2, 0) is 0 Å². The maximum absolute atomic E-state index is 11.4. The van der Waals surface area contributed by atoms with Gasteiger partial charge in [0.05, 0.1) is 7.11 Å². The summed E-state index contributed by atoms with van der Waals surface area (Å²) >= 11 is 0. The quantitative estimate of drug-likeness (QED) is 0.703. The summed E-state index contributed by atoms with van der Waals surface area (Å²) in [6, 6.07) is 5.25. The molecule has 0 unspecified atom stereocenters. The fraction of sp³-hybridized carbons (Fsp3) is 0.300. The molecule has 0 aromatic heterocycles. The smallest absolute Gasteiger partial charge is 0.165 e. The van der Waals surface area contributed by atoms with E-state index in [4.69, 9.17) is 10.5 Å². The van der Waals surface area contributed by atoms with Gasteiger partial charge in [0.25, 0.3) is 0 Å². The van der Waals surface area contributed by atoms with E-state index in [9.17, 15) is 4.79 Å². The number of ether oxygens (including phenoxy) is 1. The highest BCUT2D eigenvalue weighted by Crippen LogP contribution is 2.31. The van der Waals surface area contributed by atoms with Gasteiger partial charge in [-0.2, -0.15) is 0 Å². The van der Waals surface area contributed by atoms with E-state index in [2.05, 4.69) is 0 Å². The summed E-state index contributed by atoms with van der Waals surface area (Å²) in [5, 5.41) is 0. The fourth-order valence-corrected chi connectivity index (χ4v) is 1.65. The molecule has 0 spiro atoms. The van der Waals surface area contributed by atoms with Gasteiger partial charge in [0.2, 0.25) is 0 Å². The predicted octanol–water partition coefficient (Wildman–Crippen LogP) is 1.28. The number of benzene rings is 1. The van der Waals surface area contributed by atoms with Crippen LogP contribution in [0, 0.1) is 0 Å². The fourth-order valence-electron chi connectivity index (χ4n) is 1.65. The van der Waals surface area contributed by atoms with Crippen molar-refractivity contribution in [3.8, 4) is 5.75 Å². The Morgan fingerprint density at radius 1 is 1.54 bits per heavy atom. The number of fused-ring (bicyclic) bond motifs is 1. The van der Waals surface area contributed by atoms with E-state index in [0.29, 0.717) is 6.42 Å². The van der Waals surface area contributed by atoms with Gasteiger partial charge in [-0.15, -0.1) is 0 Å². The Morgan fingerprint density at radius 2 is 2.31 bits per heavy atom. The topological polar surface area (TPSA) is 52.3 Å². The Kier molecular flexibility index (Phi) is 1.81. The van der Waals surface area contributed by atoms with Gasteiger partial charge in [0.15, 0.2) is 5.78 Å². The molecule has 1 aliphatic rings. The number of hydrogen-bond acceptors (Lipinski definition) is 3. The summed E-state index contributed by atoms with van der Waals surface area (Å²) in [5.74, 6) is 0.883. The minimum atomic E-state index is -0.155. The number of hydrogen-bond donors (Lipinski definition) is 1. The summed E-state index contributed by atoms with van der Waals surface area (Å²) in [6.45, 7) is 0. The van der Waals surface area contributed by atoms with Crippen molar-refractivity contribution in [1.82, 2.24) is 0 Å². The maximum Gasteiger partial charge on any atom is 0.165 e. The van der Waals surface area contributed by atoms with Crippen LogP contribution in [0.2, 0.25) is 0 Å². The summed E-state index contributed by atoms with van der Waals surface area (Å²) in [5.41, 5.74) is 7.43. The Balaban J connectivity index is 2.52. The second-order valence-corrected chi connectivity index (χ2v) is 3.19. The third-order valence-corrected chi connectivity index (χ3v) is 2.36. The monoisotopic (exact) mass is 177 g/mol. The van der Waals surface area contributed by atoms with Gasteiger partial charge < -0.3 is 10.5 Å². The van der Waals surface area contributed by atoms with Crippen LogP contribution < -0.4 is 10.5 Å². The molecular weight excluding hydrogens is 166 g/mol. The van der Waals surface area contributed by atoms with Crippen molar-refractivity contribution in [3.05, 3.63) is 29.3 Å². The summed E-state index contributed by atoms with van der Waals surface area (Å²) < 4.78 is 5.06. The molecule has 13 heavy (non-hydrogen) atoms. The number of nitrogens with two attached hydrogens (primary N) is 1. The van der Waals surface area contributed by atoms with E-state index in [-0.39, 0.29) is 11.8 Å². The van der Waals surface area contributed by atoms with Gasteiger partial charge in [-0.1, -0.05) is 0 Å². The zero-order chi connectivity index (χ0) is 9.42. The van der Waals surface area contributed by atoms with E-state index < -0.39 is 0 Å². The number of carbonyl (C=O) groups excluding carboxylic acids is 1. The molecule has 2 N–H and O–H groups in total. The SMILES string of the molecule is COc1ccc2c(c1)[C@@H](N)CC2=O. The third kappa shape index (κ3) is 1.21. The van der Waals surface area contributed by atoms with Crippen molar-refractivity contribution in [2.24, 2.45) is 5.73 Å². The molecule has 0 saturated heterocycles. The van der Waals surface area contributed by atoms with Crippen molar-refractivity contribution < 1.29 is 9.53 Å². The van der Waals surface area contributed by atoms with Crippen LogP contribution in [0.5, 0.6) is 5.75 Å².